The minimum Gasteiger partial charge on any atom is -0.369 e. The van der Waals surface area contributed by atoms with Crippen molar-refractivity contribution < 1.29 is 8.42 Å². The van der Waals surface area contributed by atoms with Gasteiger partial charge in [-0.05, 0) is 18.5 Å². The average Bonchev–Trinajstić information content (AvgIpc) is 2.15. The number of aromatic nitrogens is 2. The first-order valence-corrected chi connectivity index (χ1v) is 7.18. The lowest BCUT2D eigenvalue weighted by Crippen LogP contribution is -2.29. The number of sulfonamides is 1. The summed E-state index contributed by atoms with van der Waals surface area (Å²) in [6.07, 6.45) is 0. The van der Waals surface area contributed by atoms with Crippen molar-refractivity contribution in [2.45, 2.75) is 13.8 Å². The van der Waals surface area contributed by atoms with Crippen molar-refractivity contribution in [2.75, 3.05) is 24.2 Å². The smallest absolute Gasteiger partial charge is 0.224 e. The molecular formula is C9H15ClN4O2S. The highest BCUT2D eigenvalue weighted by Crippen LogP contribution is 2.09. The normalized spacial score (nSPS) is 11.5. The molecule has 0 saturated heterocycles. The van der Waals surface area contributed by atoms with Gasteiger partial charge in [0.1, 0.15) is 5.82 Å². The Morgan fingerprint density at radius 1 is 1.41 bits per heavy atom. The molecule has 6 nitrogen and oxygen atoms in total. The number of hydrogen-bond acceptors (Lipinski definition) is 5. The van der Waals surface area contributed by atoms with Crippen molar-refractivity contribution >= 4 is 27.4 Å². The molecule has 0 aliphatic rings. The van der Waals surface area contributed by atoms with Gasteiger partial charge in [-0.25, -0.2) is 23.1 Å². The van der Waals surface area contributed by atoms with E-state index in [2.05, 4.69) is 20.0 Å². The van der Waals surface area contributed by atoms with E-state index in [4.69, 9.17) is 11.6 Å². The fourth-order valence-electron chi connectivity index (χ4n) is 1.23. The third-order valence-electron chi connectivity index (χ3n) is 1.87. The first-order chi connectivity index (χ1) is 7.93. The molecule has 0 aliphatic heterocycles. The quantitative estimate of drug-likeness (QED) is 0.752. The summed E-state index contributed by atoms with van der Waals surface area (Å²) in [6.45, 7) is 4.18. The molecule has 0 saturated carbocycles. The summed E-state index contributed by atoms with van der Waals surface area (Å²) in [7, 11) is -3.21. The molecular weight excluding hydrogens is 264 g/mol. The van der Waals surface area contributed by atoms with Gasteiger partial charge in [0.2, 0.25) is 15.3 Å². The van der Waals surface area contributed by atoms with Crippen molar-refractivity contribution in [3.05, 3.63) is 17.0 Å². The van der Waals surface area contributed by atoms with Gasteiger partial charge in [-0.15, -0.1) is 0 Å². The van der Waals surface area contributed by atoms with E-state index in [0.717, 1.165) is 5.69 Å². The molecule has 1 rings (SSSR count). The van der Waals surface area contributed by atoms with Crippen LogP contribution in [0.1, 0.15) is 12.6 Å². The molecule has 0 fully saturated rings. The van der Waals surface area contributed by atoms with E-state index in [1.165, 1.54) is 0 Å². The number of anilines is 1. The van der Waals surface area contributed by atoms with Gasteiger partial charge in [0.05, 0.1) is 5.75 Å². The molecule has 0 bridgehead atoms. The Balaban J connectivity index is 2.51. The number of nitrogens with zero attached hydrogens (tertiary/aromatic N) is 2. The number of hydrogen-bond donors (Lipinski definition) is 2. The predicted octanol–water partition coefficient (Wildman–Crippen LogP) is 0.790. The van der Waals surface area contributed by atoms with Crippen LogP contribution in [0.4, 0.5) is 5.82 Å². The van der Waals surface area contributed by atoms with Gasteiger partial charge in [-0.3, -0.25) is 0 Å². The standard InChI is InChI=1S/C9H15ClN4O2S/c1-3-12-17(15,16)5-4-11-8-6-7(2)13-9(10)14-8/h6,12H,3-5H2,1-2H3,(H,11,13,14). The predicted molar refractivity (Wildman–Crippen MR) is 67.7 cm³/mol. The molecule has 0 radical (unpaired) electrons. The molecule has 0 aliphatic carbocycles. The Hall–Kier alpha value is -0.920. The van der Waals surface area contributed by atoms with Crippen LogP contribution < -0.4 is 10.0 Å². The number of rotatable bonds is 6. The molecule has 2 N–H and O–H groups in total. The summed E-state index contributed by atoms with van der Waals surface area (Å²) < 4.78 is 25.1. The Morgan fingerprint density at radius 3 is 2.71 bits per heavy atom. The lowest BCUT2D eigenvalue weighted by atomic mass is 10.4. The molecule has 1 heterocycles. The second kappa shape index (κ2) is 6.13. The number of aryl methyl sites for hydroxylation is 1. The van der Waals surface area contributed by atoms with Crippen molar-refractivity contribution in [3.63, 3.8) is 0 Å². The summed E-state index contributed by atoms with van der Waals surface area (Å²) in [5.41, 5.74) is 0.724. The fourth-order valence-corrected chi connectivity index (χ4v) is 2.41. The first kappa shape index (κ1) is 14.1. The van der Waals surface area contributed by atoms with Crippen LogP contribution in [0.5, 0.6) is 0 Å². The number of nitrogens with one attached hydrogen (secondary N) is 2. The van der Waals surface area contributed by atoms with E-state index in [0.29, 0.717) is 12.4 Å². The van der Waals surface area contributed by atoms with Crippen molar-refractivity contribution in [1.29, 1.82) is 0 Å². The summed E-state index contributed by atoms with van der Waals surface area (Å²) >= 11 is 5.68. The van der Waals surface area contributed by atoms with Gasteiger partial charge >= 0.3 is 0 Å². The average molecular weight is 279 g/mol. The maximum absolute atomic E-state index is 11.3. The molecule has 17 heavy (non-hydrogen) atoms. The molecule has 0 aromatic carbocycles. The van der Waals surface area contributed by atoms with Crippen LogP contribution in [0, 0.1) is 6.92 Å². The van der Waals surface area contributed by atoms with Crippen LogP contribution in [0.3, 0.4) is 0 Å². The Labute approximate surface area is 106 Å². The maximum atomic E-state index is 11.3. The van der Waals surface area contributed by atoms with Crippen molar-refractivity contribution in [2.24, 2.45) is 0 Å². The highest BCUT2D eigenvalue weighted by atomic mass is 35.5. The van der Waals surface area contributed by atoms with Crippen LogP contribution in [0.25, 0.3) is 0 Å². The van der Waals surface area contributed by atoms with Crippen LogP contribution in [-0.2, 0) is 10.0 Å². The number of halogens is 1. The van der Waals surface area contributed by atoms with E-state index in [1.807, 2.05) is 0 Å². The molecule has 0 unspecified atom stereocenters. The van der Waals surface area contributed by atoms with E-state index < -0.39 is 10.0 Å². The van der Waals surface area contributed by atoms with Crippen molar-refractivity contribution in [3.8, 4) is 0 Å². The minimum absolute atomic E-state index is 0.0124. The van der Waals surface area contributed by atoms with E-state index in [-0.39, 0.29) is 17.6 Å². The largest absolute Gasteiger partial charge is 0.369 e. The van der Waals surface area contributed by atoms with E-state index in [9.17, 15) is 8.42 Å². The van der Waals surface area contributed by atoms with Gasteiger partial charge in [0.15, 0.2) is 0 Å². The van der Waals surface area contributed by atoms with Crippen LogP contribution in [-0.4, -0.2) is 37.2 Å². The minimum atomic E-state index is -3.21. The summed E-state index contributed by atoms with van der Waals surface area (Å²) in [6, 6.07) is 1.70. The fraction of sp³-hybridized carbons (Fsp3) is 0.556. The third-order valence-corrected chi connectivity index (χ3v) is 3.51. The van der Waals surface area contributed by atoms with Crippen LogP contribution in [0.15, 0.2) is 6.07 Å². The summed E-state index contributed by atoms with van der Waals surface area (Å²) in [5, 5.41) is 3.03. The Morgan fingerprint density at radius 2 is 2.12 bits per heavy atom. The molecule has 0 amide bonds. The van der Waals surface area contributed by atoms with Gasteiger partial charge in [0.25, 0.3) is 0 Å². The zero-order valence-electron chi connectivity index (χ0n) is 9.70. The highest BCUT2D eigenvalue weighted by Gasteiger charge is 2.08. The first-order valence-electron chi connectivity index (χ1n) is 5.15. The Kier molecular flexibility index (Phi) is 5.10. The SMILES string of the molecule is CCNS(=O)(=O)CCNc1cc(C)nc(Cl)n1. The lowest BCUT2D eigenvalue weighted by molar-refractivity contribution is 0.584. The maximum Gasteiger partial charge on any atom is 0.224 e. The molecule has 1 aromatic heterocycles. The second-order valence-electron chi connectivity index (χ2n) is 3.41. The zero-order valence-corrected chi connectivity index (χ0v) is 11.3. The monoisotopic (exact) mass is 278 g/mol. The van der Waals surface area contributed by atoms with Gasteiger partial charge in [-0.1, -0.05) is 6.92 Å². The van der Waals surface area contributed by atoms with Crippen molar-refractivity contribution in [1.82, 2.24) is 14.7 Å². The van der Waals surface area contributed by atoms with Crippen LogP contribution in [0.2, 0.25) is 5.28 Å². The lowest BCUT2D eigenvalue weighted by Gasteiger charge is -2.07. The molecule has 8 heteroatoms. The molecule has 96 valence electrons. The second-order valence-corrected chi connectivity index (χ2v) is 5.67. The third kappa shape index (κ3) is 5.29. The van der Waals surface area contributed by atoms with Gasteiger partial charge in [-0.2, -0.15) is 0 Å². The van der Waals surface area contributed by atoms with Gasteiger partial charge < -0.3 is 5.32 Å². The molecule has 0 spiro atoms. The summed E-state index contributed by atoms with van der Waals surface area (Å²) in [4.78, 5) is 7.83. The van der Waals surface area contributed by atoms with Gasteiger partial charge in [0, 0.05) is 24.8 Å². The summed E-state index contributed by atoms with van der Waals surface area (Å²) in [5.74, 6) is 0.510. The van der Waals surface area contributed by atoms with Crippen LogP contribution >= 0.6 is 11.6 Å². The van der Waals surface area contributed by atoms with E-state index >= 15 is 0 Å². The topological polar surface area (TPSA) is 84.0 Å². The zero-order chi connectivity index (χ0) is 12.9. The Bertz CT molecular complexity index is 458. The van der Waals surface area contributed by atoms with E-state index in [1.54, 1.807) is 19.9 Å². The molecule has 0 atom stereocenters. The molecule has 1 aromatic rings. The highest BCUT2D eigenvalue weighted by molar-refractivity contribution is 7.89.